The summed E-state index contributed by atoms with van der Waals surface area (Å²) in [7, 11) is 0. The molecule has 0 unspecified atom stereocenters. The van der Waals surface area contributed by atoms with Gasteiger partial charge < -0.3 is 10.6 Å². The predicted octanol–water partition coefficient (Wildman–Crippen LogP) is 2.93. The van der Waals surface area contributed by atoms with Crippen molar-refractivity contribution in [2.24, 2.45) is 5.73 Å². The molecular weight excluding hydrogens is 312 g/mol. The van der Waals surface area contributed by atoms with Crippen LogP contribution in [-0.4, -0.2) is 11.9 Å². The molecule has 1 fully saturated rings. The second kappa shape index (κ2) is 4.50. The Morgan fingerprint density at radius 1 is 1.17 bits per heavy atom. The highest BCUT2D eigenvalue weighted by Crippen LogP contribution is 2.41. The van der Waals surface area contributed by atoms with Crippen LogP contribution in [0.5, 0.6) is 0 Å². The summed E-state index contributed by atoms with van der Waals surface area (Å²) in [4.78, 5) is 14.8. The van der Waals surface area contributed by atoms with Crippen LogP contribution in [0.15, 0.2) is 46.3 Å². The number of β-lactam (4-membered cyclic amide) rings is 1. The molecule has 2 aromatic rings. The minimum Gasteiger partial charge on any atom is -0.318 e. The van der Waals surface area contributed by atoms with Crippen molar-refractivity contribution >= 4 is 38.9 Å². The Bertz CT molecular complexity index is 584. The number of nitrogens with zero attached hydrogens (tertiary/aromatic N) is 1. The molecule has 0 bridgehead atoms. The van der Waals surface area contributed by atoms with E-state index >= 15 is 0 Å². The number of anilines is 1. The van der Waals surface area contributed by atoms with Crippen LogP contribution in [0.4, 0.5) is 5.69 Å². The molecule has 1 saturated heterocycles. The third-order valence-corrected chi connectivity index (χ3v) is 4.76. The largest absolute Gasteiger partial charge is 0.318 e. The summed E-state index contributed by atoms with van der Waals surface area (Å²) in [5, 5.41) is 0. The summed E-state index contributed by atoms with van der Waals surface area (Å²) in [5.74, 6) is -0.0178. The maximum Gasteiger partial charge on any atom is 0.247 e. The lowest BCUT2D eigenvalue weighted by molar-refractivity contribution is -0.126. The average Bonchev–Trinajstić information content (AvgIpc) is 2.81. The van der Waals surface area contributed by atoms with Crippen LogP contribution in [0.2, 0.25) is 0 Å². The van der Waals surface area contributed by atoms with Crippen LogP contribution >= 0.6 is 27.3 Å². The van der Waals surface area contributed by atoms with Gasteiger partial charge in [0.25, 0.3) is 0 Å². The zero-order valence-corrected chi connectivity index (χ0v) is 11.8. The molecule has 2 heterocycles. The summed E-state index contributed by atoms with van der Waals surface area (Å²) in [6.45, 7) is 0. The van der Waals surface area contributed by atoms with Gasteiger partial charge in [-0.15, -0.1) is 11.3 Å². The van der Waals surface area contributed by atoms with E-state index in [1.165, 1.54) is 0 Å². The minimum atomic E-state index is -0.434. The zero-order chi connectivity index (χ0) is 12.7. The Hall–Kier alpha value is -1.17. The van der Waals surface area contributed by atoms with Gasteiger partial charge in [-0.25, -0.2) is 0 Å². The van der Waals surface area contributed by atoms with Crippen molar-refractivity contribution in [2.45, 2.75) is 12.1 Å². The SMILES string of the molecule is N[C@H]1C(=O)N(c2ccccc2)[C@H]1c1ccc(Br)s1. The molecule has 3 nitrogen and oxygen atoms in total. The van der Waals surface area contributed by atoms with Gasteiger partial charge in [0, 0.05) is 10.6 Å². The second-order valence-corrected chi connectivity index (χ2v) is 6.65. The highest BCUT2D eigenvalue weighted by atomic mass is 79.9. The quantitative estimate of drug-likeness (QED) is 0.864. The Balaban J connectivity index is 1.96. The first-order valence-electron chi connectivity index (χ1n) is 5.57. The molecule has 1 amide bonds. The summed E-state index contributed by atoms with van der Waals surface area (Å²) in [6.07, 6.45) is 0. The molecule has 1 aromatic carbocycles. The summed E-state index contributed by atoms with van der Waals surface area (Å²) >= 11 is 5.06. The van der Waals surface area contributed by atoms with Crippen molar-refractivity contribution in [3.05, 3.63) is 51.1 Å². The van der Waals surface area contributed by atoms with E-state index in [-0.39, 0.29) is 11.9 Å². The topological polar surface area (TPSA) is 46.3 Å². The van der Waals surface area contributed by atoms with E-state index in [0.717, 1.165) is 14.4 Å². The average molecular weight is 323 g/mol. The van der Waals surface area contributed by atoms with Crippen molar-refractivity contribution in [1.82, 2.24) is 0 Å². The van der Waals surface area contributed by atoms with E-state index in [4.69, 9.17) is 5.73 Å². The van der Waals surface area contributed by atoms with E-state index in [9.17, 15) is 4.79 Å². The first-order chi connectivity index (χ1) is 8.68. The fraction of sp³-hybridized carbons (Fsp3) is 0.154. The van der Waals surface area contributed by atoms with Crippen molar-refractivity contribution < 1.29 is 4.79 Å². The van der Waals surface area contributed by atoms with Gasteiger partial charge in [0.1, 0.15) is 6.04 Å². The molecule has 0 aliphatic carbocycles. The Morgan fingerprint density at radius 2 is 1.89 bits per heavy atom. The zero-order valence-electron chi connectivity index (χ0n) is 9.42. The van der Waals surface area contributed by atoms with E-state index in [2.05, 4.69) is 15.9 Å². The summed E-state index contributed by atoms with van der Waals surface area (Å²) < 4.78 is 1.05. The number of halogens is 1. The van der Waals surface area contributed by atoms with Gasteiger partial charge in [0.2, 0.25) is 5.91 Å². The molecule has 0 saturated carbocycles. The Morgan fingerprint density at radius 3 is 2.50 bits per heavy atom. The lowest BCUT2D eigenvalue weighted by atomic mass is 9.93. The fourth-order valence-corrected chi connectivity index (χ4v) is 3.74. The molecule has 1 aliphatic heterocycles. The van der Waals surface area contributed by atoms with E-state index in [0.29, 0.717) is 0 Å². The van der Waals surface area contributed by atoms with Crippen LogP contribution in [-0.2, 0) is 4.79 Å². The highest BCUT2D eigenvalue weighted by Gasteiger charge is 2.47. The van der Waals surface area contributed by atoms with Gasteiger partial charge >= 0.3 is 0 Å². The van der Waals surface area contributed by atoms with Crippen LogP contribution in [0, 0.1) is 0 Å². The minimum absolute atomic E-state index is 0.0178. The second-order valence-electron chi connectivity index (χ2n) is 4.16. The number of carbonyl (C=O) groups is 1. The molecule has 1 aliphatic rings. The molecule has 0 radical (unpaired) electrons. The molecular formula is C13H11BrN2OS. The molecule has 92 valence electrons. The van der Waals surface area contributed by atoms with E-state index < -0.39 is 6.04 Å². The number of hydrogen-bond donors (Lipinski definition) is 1. The number of benzene rings is 1. The summed E-state index contributed by atoms with van der Waals surface area (Å²) in [5.41, 5.74) is 6.84. The lowest BCUT2D eigenvalue weighted by Gasteiger charge is -2.44. The van der Waals surface area contributed by atoms with Gasteiger partial charge in [-0.1, -0.05) is 18.2 Å². The lowest BCUT2D eigenvalue weighted by Crippen LogP contribution is -2.63. The first-order valence-corrected chi connectivity index (χ1v) is 7.18. The van der Waals surface area contributed by atoms with Crippen molar-refractivity contribution in [2.75, 3.05) is 4.90 Å². The number of carbonyl (C=O) groups excluding carboxylic acids is 1. The first kappa shape index (κ1) is 11.9. The van der Waals surface area contributed by atoms with Crippen molar-refractivity contribution in [3.8, 4) is 0 Å². The standard InChI is InChI=1S/C13H11BrN2OS/c14-10-7-6-9(18-10)12-11(15)13(17)16(12)8-4-2-1-3-5-8/h1-7,11-12H,15H2/t11-,12+/m1/s1. The van der Waals surface area contributed by atoms with Crippen LogP contribution in [0.25, 0.3) is 0 Å². The van der Waals surface area contributed by atoms with Gasteiger partial charge in [-0.3, -0.25) is 4.79 Å². The van der Waals surface area contributed by atoms with E-state index in [1.54, 1.807) is 16.2 Å². The van der Waals surface area contributed by atoms with Gasteiger partial charge in [0.05, 0.1) is 9.83 Å². The Kier molecular flexibility index (Phi) is 2.97. The van der Waals surface area contributed by atoms with E-state index in [1.807, 2.05) is 42.5 Å². The number of rotatable bonds is 2. The number of para-hydroxylation sites is 1. The molecule has 2 atom stereocenters. The van der Waals surface area contributed by atoms with Crippen LogP contribution < -0.4 is 10.6 Å². The van der Waals surface area contributed by atoms with Crippen LogP contribution in [0.3, 0.4) is 0 Å². The predicted molar refractivity (Wildman–Crippen MR) is 76.7 cm³/mol. The normalized spacial score (nSPS) is 23.0. The van der Waals surface area contributed by atoms with Crippen molar-refractivity contribution in [3.63, 3.8) is 0 Å². The number of amides is 1. The van der Waals surface area contributed by atoms with Gasteiger partial charge in [0.15, 0.2) is 0 Å². The molecule has 18 heavy (non-hydrogen) atoms. The maximum absolute atomic E-state index is 11.9. The molecule has 0 spiro atoms. The third-order valence-electron chi connectivity index (χ3n) is 3.06. The molecule has 1 aromatic heterocycles. The summed E-state index contributed by atoms with van der Waals surface area (Å²) in [6, 6.07) is 13.2. The van der Waals surface area contributed by atoms with Gasteiger partial charge in [-0.2, -0.15) is 0 Å². The number of nitrogens with two attached hydrogens (primary N) is 1. The maximum atomic E-state index is 11.9. The fourth-order valence-electron chi connectivity index (χ4n) is 2.18. The highest BCUT2D eigenvalue weighted by molar-refractivity contribution is 9.11. The van der Waals surface area contributed by atoms with Gasteiger partial charge in [-0.05, 0) is 40.2 Å². The molecule has 2 N–H and O–H groups in total. The van der Waals surface area contributed by atoms with Crippen LogP contribution in [0.1, 0.15) is 10.9 Å². The Labute approximate surface area is 117 Å². The molecule has 5 heteroatoms. The number of hydrogen-bond acceptors (Lipinski definition) is 3. The third kappa shape index (κ3) is 1.79. The molecule has 3 rings (SSSR count). The number of thiophene rings is 1. The monoisotopic (exact) mass is 322 g/mol. The van der Waals surface area contributed by atoms with Crippen molar-refractivity contribution in [1.29, 1.82) is 0 Å². The smallest absolute Gasteiger partial charge is 0.247 e.